The molecule has 6 heteroatoms. The fraction of sp³-hybridized carbons (Fsp3) is 0.364. The van der Waals surface area contributed by atoms with E-state index in [1.165, 1.54) is 11.1 Å². The summed E-state index contributed by atoms with van der Waals surface area (Å²) in [6.07, 6.45) is 6.59. The van der Waals surface area contributed by atoms with Crippen molar-refractivity contribution in [2.45, 2.75) is 25.9 Å². The third-order valence-corrected chi connectivity index (χ3v) is 5.15. The summed E-state index contributed by atoms with van der Waals surface area (Å²) in [6.45, 7) is 5.39. The number of morpholine rings is 1. The predicted molar refractivity (Wildman–Crippen MR) is 110 cm³/mol. The number of nitrogens with one attached hydrogen (secondary N) is 2. The Morgan fingerprint density at radius 1 is 1.29 bits per heavy atom. The van der Waals surface area contributed by atoms with Crippen molar-refractivity contribution in [3.63, 3.8) is 0 Å². The van der Waals surface area contributed by atoms with Gasteiger partial charge in [0, 0.05) is 25.7 Å². The second-order valence-electron chi connectivity index (χ2n) is 7.27. The number of allylic oxidation sites excluding steroid dienone is 4. The maximum Gasteiger partial charge on any atom is 0.149 e. The Labute approximate surface area is 165 Å². The Bertz CT molecular complexity index is 927. The summed E-state index contributed by atoms with van der Waals surface area (Å²) in [5.41, 5.74) is 5.34. The number of ether oxygens (including phenoxy) is 1. The van der Waals surface area contributed by atoms with Gasteiger partial charge in [-0.25, -0.2) is 4.68 Å². The highest BCUT2D eigenvalue weighted by Crippen LogP contribution is 2.30. The first kappa shape index (κ1) is 18.5. The Hall–Kier alpha value is -2.88. The minimum atomic E-state index is 0.150. The molecule has 1 unspecified atom stereocenters. The molecule has 0 amide bonds. The van der Waals surface area contributed by atoms with Gasteiger partial charge in [0.15, 0.2) is 0 Å². The molecule has 6 nitrogen and oxygen atoms in total. The van der Waals surface area contributed by atoms with Gasteiger partial charge < -0.3 is 15.4 Å². The van der Waals surface area contributed by atoms with Gasteiger partial charge in [-0.1, -0.05) is 17.7 Å². The number of nitriles is 1. The van der Waals surface area contributed by atoms with Crippen molar-refractivity contribution in [2.75, 3.05) is 31.6 Å². The Morgan fingerprint density at radius 3 is 2.82 bits per heavy atom. The summed E-state index contributed by atoms with van der Waals surface area (Å²) in [4.78, 5) is 0. The van der Waals surface area contributed by atoms with Crippen LogP contribution in [0.1, 0.15) is 31.0 Å². The Morgan fingerprint density at radius 2 is 2.14 bits per heavy atom. The van der Waals surface area contributed by atoms with Crippen molar-refractivity contribution >= 4 is 11.4 Å². The second kappa shape index (κ2) is 8.42. The molecule has 144 valence electrons. The SMILES string of the molecule is CC1=CC=C(c2cc(NCC3CNCCO3)nn2-c2ccc(C#N)cc2)CC1. The molecular weight excluding hydrogens is 350 g/mol. The fourth-order valence-electron chi connectivity index (χ4n) is 3.49. The summed E-state index contributed by atoms with van der Waals surface area (Å²) in [7, 11) is 0. The van der Waals surface area contributed by atoms with Crippen LogP contribution in [0.15, 0.2) is 48.1 Å². The monoisotopic (exact) mass is 375 g/mol. The molecule has 1 aliphatic heterocycles. The molecule has 0 radical (unpaired) electrons. The quantitative estimate of drug-likeness (QED) is 0.839. The number of nitrogens with zero attached hydrogens (tertiary/aromatic N) is 3. The molecule has 4 rings (SSSR count). The van der Waals surface area contributed by atoms with Crippen LogP contribution in [0.4, 0.5) is 5.82 Å². The van der Waals surface area contributed by atoms with Gasteiger partial charge in [-0.15, -0.1) is 5.10 Å². The van der Waals surface area contributed by atoms with Gasteiger partial charge >= 0.3 is 0 Å². The molecule has 1 aromatic heterocycles. The maximum absolute atomic E-state index is 9.07. The molecule has 2 heterocycles. The van der Waals surface area contributed by atoms with E-state index in [2.05, 4.69) is 41.8 Å². The summed E-state index contributed by atoms with van der Waals surface area (Å²) in [5, 5.41) is 20.6. The van der Waals surface area contributed by atoms with E-state index < -0.39 is 0 Å². The van der Waals surface area contributed by atoms with E-state index >= 15 is 0 Å². The van der Waals surface area contributed by atoms with Crippen LogP contribution in [0, 0.1) is 11.3 Å². The van der Waals surface area contributed by atoms with Crippen LogP contribution in [0.2, 0.25) is 0 Å². The molecule has 0 saturated carbocycles. The summed E-state index contributed by atoms with van der Waals surface area (Å²) in [5.74, 6) is 0.834. The van der Waals surface area contributed by atoms with E-state index in [1.54, 1.807) is 0 Å². The number of anilines is 1. The highest BCUT2D eigenvalue weighted by Gasteiger charge is 2.17. The molecule has 1 aromatic carbocycles. The van der Waals surface area contributed by atoms with Gasteiger partial charge in [0.2, 0.25) is 0 Å². The summed E-state index contributed by atoms with van der Waals surface area (Å²) in [6, 6.07) is 11.8. The lowest BCUT2D eigenvalue weighted by molar-refractivity contribution is 0.0372. The number of rotatable bonds is 5. The predicted octanol–water partition coefficient (Wildman–Crippen LogP) is 3.27. The summed E-state index contributed by atoms with van der Waals surface area (Å²) >= 11 is 0. The third-order valence-electron chi connectivity index (χ3n) is 5.15. The summed E-state index contributed by atoms with van der Waals surface area (Å²) < 4.78 is 7.73. The molecule has 1 atom stereocenters. The molecule has 2 aliphatic rings. The van der Waals surface area contributed by atoms with Gasteiger partial charge in [-0.2, -0.15) is 5.26 Å². The smallest absolute Gasteiger partial charge is 0.149 e. The van der Waals surface area contributed by atoms with E-state index in [-0.39, 0.29) is 6.10 Å². The average Bonchev–Trinajstić information content (AvgIpc) is 3.18. The van der Waals surface area contributed by atoms with Crippen molar-refractivity contribution < 1.29 is 4.74 Å². The largest absolute Gasteiger partial charge is 0.374 e. The molecule has 2 aromatic rings. The van der Waals surface area contributed by atoms with Crippen LogP contribution in [0.5, 0.6) is 0 Å². The van der Waals surface area contributed by atoms with E-state index in [1.807, 2.05) is 28.9 Å². The zero-order valence-corrected chi connectivity index (χ0v) is 16.1. The van der Waals surface area contributed by atoms with E-state index in [9.17, 15) is 0 Å². The zero-order chi connectivity index (χ0) is 19.3. The number of aromatic nitrogens is 2. The van der Waals surface area contributed by atoms with Crippen molar-refractivity contribution in [3.05, 3.63) is 59.3 Å². The molecule has 1 fully saturated rings. The van der Waals surface area contributed by atoms with Crippen molar-refractivity contribution in [1.29, 1.82) is 5.26 Å². The van der Waals surface area contributed by atoms with Crippen molar-refractivity contribution in [2.24, 2.45) is 0 Å². The van der Waals surface area contributed by atoms with Crippen LogP contribution in [-0.4, -0.2) is 42.1 Å². The highest BCUT2D eigenvalue weighted by atomic mass is 16.5. The highest BCUT2D eigenvalue weighted by molar-refractivity contribution is 5.70. The van der Waals surface area contributed by atoms with Gasteiger partial charge in [-0.05, 0) is 49.6 Å². The zero-order valence-electron chi connectivity index (χ0n) is 16.1. The standard InChI is InChI=1S/C22H25N5O/c1-16-2-6-18(7-3-16)21-12-22(25-15-20-14-24-10-11-28-20)26-27(21)19-8-4-17(13-23)5-9-19/h2,4-6,8-9,12,20,24H,3,7,10-11,14-15H2,1H3,(H,25,26). The van der Waals surface area contributed by atoms with Crippen molar-refractivity contribution in [3.8, 4) is 11.8 Å². The van der Waals surface area contributed by atoms with Crippen LogP contribution < -0.4 is 10.6 Å². The first-order valence-electron chi connectivity index (χ1n) is 9.76. The number of hydrogen-bond acceptors (Lipinski definition) is 5. The molecule has 0 spiro atoms. The lowest BCUT2D eigenvalue weighted by Gasteiger charge is -2.23. The molecule has 2 N–H and O–H groups in total. The van der Waals surface area contributed by atoms with E-state index in [4.69, 9.17) is 15.1 Å². The first-order valence-corrected chi connectivity index (χ1v) is 9.76. The third kappa shape index (κ3) is 4.16. The number of hydrogen-bond donors (Lipinski definition) is 2. The van der Waals surface area contributed by atoms with Gasteiger partial charge in [-0.3, -0.25) is 0 Å². The second-order valence-corrected chi connectivity index (χ2v) is 7.27. The maximum atomic E-state index is 9.07. The molecular formula is C22H25N5O. The van der Waals surface area contributed by atoms with Gasteiger partial charge in [0.1, 0.15) is 5.82 Å². The van der Waals surface area contributed by atoms with Crippen LogP contribution in [0.25, 0.3) is 11.3 Å². The Kier molecular flexibility index (Phi) is 5.56. The van der Waals surface area contributed by atoms with Gasteiger partial charge in [0.25, 0.3) is 0 Å². The average molecular weight is 375 g/mol. The first-order chi connectivity index (χ1) is 13.7. The molecule has 1 aliphatic carbocycles. The minimum absolute atomic E-state index is 0.150. The lowest BCUT2D eigenvalue weighted by atomic mass is 9.97. The van der Waals surface area contributed by atoms with Crippen LogP contribution >= 0.6 is 0 Å². The van der Waals surface area contributed by atoms with Gasteiger partial charge in [0.05, 0.1) is 35.7 Å². The van der Waals surface area contributed by atoms with E-state index in [0.717, 1.165) is 56.3 Å². The van der Waals surface area contributed by atoms with E-state index in [0.29, 0.717) is 5.56 Å². The minimum Gasteiger partial charge on any atom is -0.374 e. The fourth-order valence-corrected chi connectivity index (χ4v) is 3.49. The number of benzene rings is 1. The Balaban J connectivity index is 1.62. The normalized spacial score (nSPS) is 19.5. The molecule has 28 heavy (non-hydrogen) atoms. The molecule has 1 saturated heterocycles. The lowest BCUT2D eigenvalue weighted by Crippen LogP contribution is -2.42. The molecule has 0 bridgehead atoms. The van der Waals surface area contributed by atoms with Crippen LogP contribution in [-0.2, 0) is 4.74 Å². The van der Waals surface area contributed by atoms with Crippen molar-refractivity contribution in [1.82, 2.24) is 15.1 Å². The topological polar surface area (TPSA) is 74.9 Å². The van der Waals surface area contributed by atoms with Crippen LogP contribution in [0.3, 0.4) is 0 Å².